The molecule has 0 fully saturated rings. The minimum Gasteiger partial charge on any atom is -0.406 e. The predicted molar refractivity (Wildman–Crippen MR) is 139 cm³/mol. The van der Waals surface area contributed by atoms with Crippen molar-refractivity contribution in [1.29, 1.82) is 0 Å². The number of ether oxygens (including phenoxy) is 1. The maximum atomic E-state index is 12.5. The van der Waals surface area contributed by atoms with Gasteiger partial charge in [-0.05, 0) is 65.6 Å². The molecule has 5 rings (SSSR count). The summed E-state index contributed by atoms with van der Waals surface area (Å²) in [6.45, 7) is 5.73. The van der Waals surface area contributed by atoms with Crippen molar-refractivity contribution in [3.05, 3.63) is 102 Å². The highest BCUT2D eigenvalue weighted by Crippen LogP contribution is 2.34. The molecule has 0 aliphatic rings. The minimum absolute atomic E-state index is 0.160. The van der Waals surface area contributed by atoms with Gasteiger partial charge >= 0.3 is 6.36 Å². The van der Waals surface area contributed by atoms with Gasteiger partial charge in [0.05, 0.1) is 0 Å². The molecule has 36 heavy (non-hydrogen) atoms. The zero-order valence-electron chi connectivity index (χ0n) is 20.1. The summed E-state index contributed by atoms with van der Waals surface area (Å²) in [4.78, 5) is 0. The minimum atomic E-state index is -4.70. The largest absolute Gasteiger partial charge is 0.573 e. The lowest BCUT2D eigenvalue weighted by Gasteiger charge is -2.17. The van der Waals surface area contributed by atoms with Crippen molar-refractivity contribution in [2.45, 2.75) is 39.3 Å². The Kier molecular flexibility index (Phi) is 6.46. The van der Waals surface area contributed by atoms with E-state index in [9.17, 15) is 13.2 Å². The van der Waals surface area contributed by atoms with E-state index in [0.29, 0.717) is 6.54 Å². The van der Waals surface area contributed by atoms with Crippen LogP contribution in [0.5, 0.6) is 5.75 Å². The number of hydrogen-bond donors (Lipinski definition) is 1. The van der Waals surface area contributed by atoms with Crippen LogP contribution >= 0.6 is 0 Å². The van der Waals surface area contributed by atoms with Crippen LogP contribution < -0.4 is 10.1 Å². The number of hydrogen-bond acceptors (Lipinski definition) is 2. The molecule has 3 nitrogen and oxygen atoms in total. The van der Waals surface area contributed by atoms with Crippen LogP contribution in [0.25, 0.3) is 32.8 Å². The second-order valence-corrected chi connectivity index (χ2v) is 8.92. The van der Waals surface area contributed by atoms with Gasteiger partial charge in [0.2, 0.25) is 0 Å². The van der Waals surface area contributed by atoms with Gasteiger partial charge in [-0.2, -0.15) is 0 Å². The molecule has 5 aromatic rings. The number of benzene rings is 4. The van der Waals surface area contributed by atoms with E-state index in [1.165, 1.54) is 28.5 Å². The highest BCUT2D eigenvalue weighted by atomic mass is 19.4. The first-order chi connectivity index (χ1) is 17.3. The second kappa shape index (κ2) is 9.70. The fourth-order valence-electron chi connectivity index (χ4n) is 4.79. The summed E-state index contributed by atoms with van der Waals surface area (Å²) in [5.74, 6) is -0.224. The van der Waals surface area contributed by atoms with E-state index in [0.717, 1.165) is 34.1 Å². The van der Waals surface area contributed by atoms with Crippen molar-refractivity contribution in [3.63, 3.8) is 0 Å². The highest BCUT2D eigenvalue weighted by molar-refractivity contribution is 5.96. The summed E-state index contributed by atoms with van der Waals surface area (Å²) in [5.41, 5.74) is 5.31. The van der Waals surface area contributed by atoms with Crippen LogP contribution in [-0.2, 0) is 13.1 Å². The van der Waals surface area contributed by atoms with Crippen LogP contribution in [0.4, 0.5) is 13.2 Å². The summed E-state index contributed by atoms with van der Waals surface area (Å²) in [7, 11) is 0. The Hall–Kier alpha value is -3.77. The molecule has 184 valence electrons. The molecule has 1 aromatic heterocycles. The molecule has 0 saturated carbocycles. The second-order valence-electron chi connectivity index (χ2n) is 8.92. The van der Waals surface area contributed by atoms with Gasteiger partial charge in [0.25, 0.3) is 0 Å². The van der Waals surface area contributed by atoms with E-state index in [1.54, 1.807) is 12.1 Å². The smallest absolute Gasteiger partial charge is 0.406 e. The summed E-state index contributed by atoms with van der Waals surface area (Å²) in [6.07, 6.45) is -2.65. The first-order valence-electron chi connectivity index (χ1n) is 12.0. The number of nitrogens with one attached hydrogen (secondary N) is 1. The molecule has 0 spiro atoms. The number of fused-ring (bicyclic) bond motifs is 2. The number of halogens is 3. The van der Waals surface area contributed by atoms with E-state index in [2.05, 4.69) is 95.3 Å². The molecule has 0 aliphatic heterocycles. The molecule has 0 amide bonds. The molecule has 0 aliphatic carbocycles. The lowest BCUT2D eigenvalue weighted by Crippen LogP contribution is -2.18. The third-order valence-electron chi connectivity index (χ3n) is 6.59. The fourth-order valence-corrected chi connectivity index (χ4v) is 4.79. The van der Waals surface area contributed by atoms with E-state index in [1.807, 2.05) is 0 Å². The summed E-state index contributed by atoms with van der Waals surface area (Å²) in [6, 6.07) is 27.4. The standard InChI is InChI=1S/C30H27F3N2O/c1-3-35-19-28(23-12-14-24(15-13-23)36-30(31,32)33)27-17-21(11-16-29(27)35)18-34-20(2)25-10-6-8-22-7-4-5-9-26(22)25/h4-17,19-20,34H,3,18H2,1-2H3. The summed E-state index contributed by atoms with van der Waals surface area (Å²) in [5, 5.41) is 7.19. The van der Waals surface area contributed by atoms with Crippen LogP contribution in [0, 0.1) is 0 Å². The average Bonchev–Trinajstić information content (AvgIpc) is 3.24. The molecule has 1 atom stereocenters. The molecular formula is C30H27F3N2O. The Balaban J connectivity index is 1.41. The maximum Gasteiger partial charge on any atom is 0.573 e. The molecule has 1 unspecified atom stereocenters. The third kappa shape index (κ3) is 4.95. The lowest BCUT2D eigenvalue weighted by molar-refractivity contribution is -0.274. The van der Waals surface area contributed by atoms with Crippen LogP contribution in [0.3, 0.4) is 0 Å². The Bertz CT molecular complexity index is 1500. The van der Waals surface area contributed by atoms with E-state index >= 15 is 0 Å². The first-order valence-corrected chi connectivity index (χ1v) is 12.0. The Morgan fingerprint density at radius 1 is 0.889 bits per heavy atom. The molecule has 0 bridgehead atoms. The first kappa shape index (κ1) is 23.9. The Morgan fingerprint density at radius 2 is 1.64 bits per heavy atom. The third-order valence-corrected chi connectivity index (χ3v) is 6.59. The molecular weight excluding hydrogens is 461 g/mol. The number of aryl methyl sites for hydroxylation is 1. The summed E-state index contributed by atoms with van der Waals surface area (Å²) >= 11 is 0. The van der Waals surface area contributed by atoms with E-state index < -0.39 is 6.36 Å². The number of rotatable bonds is 7. The predicted octanol–water partition coefficient (Wildman–Crippen LogP) is 8.23. The zero-order chi connectivity index (χ0) is 25.3. The molecule has 1 heterocycles. The topological polar surface area (TPSA) is 26.2 Å². The molecule has 6 heteroatoms. The van der Waals surface area contributed by atoms with Gasteiger partial charge in [-0.25, -0.2) is 0 Å². The number of nitrogens with zero attached hydrogens (tertiary/aromatic N) is 1. The van der Waals surface area contributed by atoms with Gasteiger partial charge in [0.1, 0.15) is 5.75 Å². The lowest BCUT2D eigenvalue weighted by atomic mass is 9.99. The molecule has 1 N–H and O–H groups in total. The molecule has 0 saturated heterocycles. The van der Waals surface area contributed by atoms with Gasteiger partial charge < -0.3 is 14.6 Å². The average molecular weight is 489 g/mol. The fraction of sp³-hybridized carbons (Fsp3) is 0.200. The van der Waals surface area contributed by atoms with E-state index in [-0.39, 0.29) is 11.8 Å². The van der Waals surface area contributed by atoms with Gasteiger partial charge in [-0.1, -0.05) is 60.7 Å². The maximum absolute atomic E-state index is 12.5. The Morgan fingerprint density at radius 3 is 2.39 bits per heavy atom. The molecule has 0 radical (unpaired) electrons. The van der Waals surface area contributed by atoms with E-state index in [4.69, 9.17) is 0 Å². The van der Waals surface area contributed by atoms with Crippen LogP contribution in [0.2, 0.25) is 0 Å². The van der Waals surface area contributed by atoms with Crippen molar-refractivity contribution < 1.29 is 17.9 Å². The quantitative estimate of drug-likeness (QED) is 0.250. The van der Waals surface area contributed by atoms with Gasteiger partial charge in [-0.3, -0.25) is 0 Å². The van der Waals surface area contributed by atoms with Crippen molar-refractivity contribution in [3.8, 4) is 16.9 Å². The van der Waals surface area contributed by atoms with Crippen molar-refractivity contribution in [2.24, 2.45) is 0 Å². The van der Waals surface area contributed by atoms with Crippen molar-refractivity contribution in [1.82, 2.24) is 9.88 Å². The van der Waals surface area contributed by atoms with Gasteiger partial charge in [-0.15, -0.1) is 13.2 Å². The zero-order valence-corrected chi connectivity index (χ0v) is 20.1. The van der Waals surface area contributed by atoms with Gasteiger partial charge in [0.15, 0.2) is 0 Å². The van der Waals surface area contributed by atoms with Crippen LogP contribution in [0.15, 0.2) is 91.1 Å². The summed E-state index contributed by atoms with van der Waals surface area (Å²) < 4.78 is 43.8. The SMILES string of the molecule is CCn1cc(-c2ccc(OC(F)(F)F)cc2)c2cc(CNC(C)c3cccc4ccccc34)ccc21. The highest BCUT2D eigenvalue weighted by Gasteiger charge is 2.31. The number of alkyl halides is 3. The Labute approximate surface area is 208 Å². The normalized spacial score (nSPS) is 12.8. The van der Waals surface area contributed by atoms with Crippen LogP contribution in [-0.4, -0.2) is 10.9 Å². The number of aromatic nitrogens is 1. The van der Waals surface area contributed by atoms with Crippen molar-refractivity contribution in [2.75, 3.05) is 0 Å². The monoisotopic (exact) mass is 488 g/mol. The van der Waals surface area contributed by atoms with Gasteiger partial charge in [0, 0.05) is 41.8 Å². The van der Waals surface area contributed by atoms with Crippen molar-refractivity contribution >= 4 is 21.7 Å². The molecule has 4 aromatic carbocycles. The van der Waals surface area contributed by atoms with Crippen LogP contribution in [0.1, 0.15) is 31.0 Å².